The fourth-order valence-electron chi connectivity index (χ4n) is 1.55. The topological polar surface area (TPSA) is 17.1 Å². The Morgan fingerprint density at radius 1 is 1.44 bits per heavy atom. The van der Waals surface area contributed by atoms with E-state index < -0.39 is 16.5 Å². The first kappa shape index (κ1) is 13.5. The first-order chi connectivity index (χ1) is 7.30. The molecule has 1 nitrogen and oxygen atoms in total. The van der Waals surface area contributed by atoms with Gasteiger partial charge in [-0.15, -0.1) is 0 Å². The van der Waals surface area contributed by atoms with Crippen molar-refractivity contribution >= 4 is 28.4 Å². The van der Waals surface area contributed by atoms with Crippen LogP contribution in [0.25, 0.3) is 0 Å². The van der Waals surface area contributed by atoms with Gasteiger partial charge in [-0.25, -0.2) is 4.39 Å². The molecule has 0 spiro atoms. The maximum absolute atomic E-state index is 13.8. The van der Waals surface area contributed by atoms with Crippen LogP contribution in [0.2, 0.25) is 5.02 Å². The van der Waals surface area contributed by atoms with E-state index in [-0.39, 0.29) is 11.5 Å². The molecule has 0 aromatic heterocycles. The SMILES string of the molecule is CC(C)C(C)(C(=O)Cl)c1ccc(Cl)cc1F. The second-order valence-corrected chi connectivity index (χ2v) is 5.03. The number of rotatable bonds is 3. The van der Waals surface area contributed by atoms with Gasteiger partial charge in [-0.2, -0.15) is 0 Å². The van der Waals surface area contributed by atoms with Crippen molar-refractivity contribution < 1.29 is 9.18 Å². The van der Waals surface area contributed by atoms with E-state index >= 15 is 0 Å². The van der Waals surface area contributed by atoms with Gasteiger partial charge in [0.2, 0.25) is 5.24 Å². The molecule has 1 aromatic carbocycles. The van der Waals surface area contributed by atoms with Gasteiger partial charge in [-0.1, -0.05) is 31.5 Å². The standard InChI is InChI=1S/C12H13Cl2FO/c1-7(2)12(3,11(14)16)9-5-4-8(13)6-10(9)15/h4-7H,1-3H3. The Morgan fingerprint density at radius 3 is 2.38 bits per heavy atom. The molecule has 0 radical (unpaired) electrons. The summed E-state index contributed by atoms with van der Waals surface area (Å²) in [6, 6.07) is 4.26. The molecule has 4 heteroatoms. The molecule has 0 amide bonds. The first-order valence-corrected chi connectivity index (χ1v) is 5.71. The van der Waals surface area contributed by atoms with Crippen LogP contribution in [0, 0.1) is 11.7 Å². The molecule has 16 heavy (non-hydrogen) atoms. The number of hydrogen-bond donors (Lipinski definition) is 0. The molecular weight excluding hydrogens is 250 g/mol. The highest BCUT2D eigenvalue weighted by molar-refractivity contribution is 6.65. The number of hydrogen-bond acceptors (Lipinski definition) is 1. The van der Waals surface area contributed by atoms with E-state index in [1.165, 1.54) is 12.1 Å². The Labute approximate surface area is 105 Å². The van der Waals surface area contributed by atoms with Crippen LogP contribution in [0.4, 0.5) is 4.39 Å². The van der Waals surface area contributed by atoms with Gasteiger partial charge in [-0.3, -0.25) is 4.79 Å². The fraction of sp³-hybridized carbons (Fsp3) is 0.417. The molecule has 1 rings (SSSR count). The van der Waals surface area contributed by atoms with Gasteiger partial charge in [0.1, 0.15) is 5.82 Å². The summed E-state index contributed by atoms with van der Waals surface area (Å²) in [5, 5.41) is -0.266. The van der Waals surface area contributed by atoms with Crippen LogP contribution in [0.1, 0.15) is 26.3 Å². The number of carbonyl (C=O) groups is 1. The predicted octanol–water partition coefficient (Wildman–Crippen LogP) is 4.16. The van der Waals surface area contributed by atoms with Crippen molar-refractivity contribution in [3.8, 4) is 0 Å². The van der Waals surface area contributed by atoms with Crippen LogP contribution in [0.15, 0.2) is 18.2 Å². The van der Waals surface area contributed by atoms with Crippen molar-refractivity contribution in [2.24, 2.45) is 5.92 Å². The van der Waals surface area contributed by atoms with E-state index in [9.17, 15) is 9.18 Å². The second kappa shape index (κ2) is 4.72. The predicted molar refractivity (Wildman–Crippen MR) is 64.5 cm³/mol. The van der Waals surface area contributed by atoms with Crippen molar-refractivity contribution in [3.63, 3.8) is 0 Å². The highest BCUT2D eigenvalue weighted by atomic mass is 35.5. The number of halogens is 3. The Hall–Kier alpha value is -0.600. The van der Waals surface area contributed by atoms with Crippen molar-refractivity contribution in [3.05, 3.63) is 34.6 Å². The summed E-state index contributed by atoms with van der Waals surface area (Å²) in [5.74, 6) is -0.606. The molecular formula is C12H13Cl2FO. The van der Waals surface area contributed by atoms with E-state index in [4.69, 9.17) is 23.2 Å². The van der Waals surface area contributed by atoms with E-state index in [1.807, 2.05) is 13.8 Å². The third-order valence-electron chi connectivity index (χ3n) is 3.05. The molecule has 0 N–H and O–H groups in total. The van der Waals surface area contributed by atoms with Crippen molar-refractivity contribution in [1.29, 1.82) is 0 Å². The molecule has 0 saturated heterocycles. The molecule has 0 saturated carbocycles. The normalized spacial score (nSPS) is 14.9. The lowest BCUT2D eigenvalue weighted by Gasteiger charge is -2.30. The van der Waals surface area contributed by atoms with Crippen LogP contribution in [-0.4, -0.2) is 5.24 Å². The minimum absolute atomic E-state index is 0.104. The minimum Gasteiger partial charge on any atom is -0.280 e. The lowest BCUT2D eigenvalue weighted by Crippen LogP contribution is -2.36. The summed E-state index contributed by atoms with van der Waals surface area (Å²) in [6.45, 7) is 5.29. The number of carbonyl (C=O) groups excluding carboxylic acids is 1. The molecule has 1 atom stereocenters. The zero-order valence-corrected chi connectivity index (χ0v) is 10.9. The van der Waals surface area contributed by atoms with Crippen LogP contribution < -0.4 is 0 Å². The molecule has 88 valence electrons. The van der Waals surface area contributed by atoms with Gasteiger partial charge in [0.25, 0.3) is 0 Å². The van der Waals surface area contributed by atoms with Crippen LogP contribution in [0.3, 0.4) is 0 Å². The van der Waals surface area contributed by atoms with Crippen molar-refractivity contribution in [2.75, 3.05) is 0 Å². The average Bonchev–Trinajstić information content (AvgIpc) is 2.15. The molecule has 0 bridgehead atoms. The Kier molecular flexibility index (Phi) is 3.97. The minimum atomic E-state index is -1.03. The average molecular weight is 263 g/mol. The van der Waals surface area contributed by atoms with Gasteiger partial charge in [0.05, 0.1) is 5.41 Å². The van der Waals surface area contributed by atoms with Crippen molar-refractivity contribution in [1.82, 2.24) is 0 Å². The maximum atomic E-state index is 13.8. The molecule has 0 fully saturated rings. The first-order valence-electron chi connectivity index (χ1n) is 4.95. The molecule has 0 heterocycles. The summed E-state index contributed by atoms with van der Waals surface area (Å²) in [6.07, 6.45) is 0. The lowest BCUT2D eigenvalue weighted by atomic mass is 9.74. The van der Waals surface area contributed by atoms with Crippen LogP contribution >= 0.6 is 23.2 Å². The zero-order valence-electron chi connectivity index (χ0n) is 9.35. The Bertz CT molecular complexity index is 417. The van der Waals surface area contributed by atoms with Gasteiger partial charge in [-0.05, 0) is 36.6 Å². The third-order valence-corrected chi connectivity index (χ3v) is 3.68. The summed E-state index contributed by atoms with van der Waals surface area (Å²) in [7, 11) is 0. The number of benzene rings is 1. The summed E-state index contributed by atoms with van der Waals surface area (Å²) in [5.41, 5.74) is -0.747. The quantitative estimate of drug-likeness (QED) is 0.748. The summed E-state index contributed by atoms with van der Waals surface area (Å²) < 4.78 is 13.8. The maximum Gasteiger partial charge on any atom is 0.232 e. The largest absolute Gasteiger partial charge is 0.280 e. The highest BCUT2D eigenvalue weighted by Crippen LogP contribution is 2.36. The molecule has 0 aliphatic carbocycles. The second-order valence-electron chi connectivity index (χ2n) is 4.25. The van der Waals surface area contributed by atoms with E-state index in [1.54, 1.807) is 13.0 Å². The smallest absolute Gasteiger partial charge is 0.232 e. The van der Waals surface area contributed by atoms with E-state index in [0.717, 1.165) is 0 Å². The van der Waals surface area contributed by atoms with E-state index in [2.05, 4.69) is 0 Å². The molecule has 1 unspecified atom stereocenters. The van der Waals surface area contributed by atoms with Gasteiger partial charge >= 0.3 is 0 Å². The van der Waals surface area contributed by atoms with Crippen LogP contribution in [-0.2, 0) is 10.2 Å². The van der Waals surface area contributed by atoms with Gasteiger partial charge in [0, 0.05) is 10.6 Å². The highest BCUT2D eigenvalue weighted by Gasteiger charge is 2.39. The Morgan fingerprint density at radius 2 is 2.00 bits per heavy atom. The van der Waals surface area contributed by atoms with Crippen LogP contribution in [0.5, 0.6) is 0 Å². The van der Waals surface area contributed by atoms with E-state index in [0.29, 0.717) is 5.02 Å². The zero-order chi connectivity index (χ0) is 12.5. The molecule has 0 aliphatic rings. The lowest BCUT2D eigenvalue weighted by molar-refractivity contribution is -0.117. The monoisotopic (exact) mass is 262 g/mol. The third kappa shape index (κ3) is 2.23. The fourth-order valence-corrected chi connectivity index (χ4v) is 2.03. The summed E-state index contributed by atoms with van der Waals surface area (Å²) >= 11 is 11.3. The Balaban J connectivity index is 3.38. The summed E-state index contributed by atoms with van der Waals surface area (Å²) in [4.78, 5) is 11.5. The van der Waals surface area contributed by atoms with Crippen molar-refractivity contribution in [2.45, 2.75) is 26.2 Å². The van der Waals surface area contributed by atoms with Gasteiger partial charge < -0.3 is 0 Å². The van der Waals surface area contributed by atoms with Gasteiger partial charge in [0.15, 0.2) is 0 Å². The molecule has 0 aliphatic heterocycles. The molecule has 1 aromatic rings.